The highest BCUT2D eigenvalue weighted by Crippen LogP contribution is 2.31. The van der Waals surface area contributed by atoms with Crippen LogP contribution in [0.3, 0.4) is 0 Å². The van der Waals surface area contributed by atoms with Gasteiger partial charge < -0.3 is 9.80 Å². The summed E-state index contributed by atoms with van der Waals surface area (Å²) in [6, 6.07) is 0.508. The van der Waals surface area contributed by atoms with Crippen LogP contribution in [0.5, 0.6) is 0 Å². The van der Waals surface area contributed by atoms with Gasteiger partial charge in [-0.3, -0.25) is 4.79 Å². The summed E-state index contributed by atoms with van der Waals surface area (Å²) in [5.41, 5.74) is 0. The quantitative estimate of drug-likeness (QED) is 0.750. The van der Waals surface area contributed by atoms with Crippen molar-refractivity contribution in [2.75, 3.05) is 26.7 Å². The molecule has 98 valence electrons. The summed E-state index contributed by atoms with van der Waals surface area (Å²) in [5, 5.41) is 0. The number of amides is 1. The molecule has 2 fully saturated rings. The average molecular weight is 238 g/mol. The normalized spacial score (nSPS) is 29.8. The highest BCUT2D eigenvalue weighted by atomic mass is 16.2. The predicted molar refractivity (Wildman–Crippen MR) is 69.8 cm³/mol. The Labute approximate surface area is 105 Å². The van der Waals surface area contributed by atoms with E-state index in [0.717, 1.165) is 31.8 Å². The standard InChI is InChI=1S/C14H26N2O/c1-11(2)4-5-14(17)16-9-7-12-6-8-15(3)10-13(12)16/h11-13H,4-10H2,1-3H3. The van der Waals surface area contributed by atoms with E-state index in [1.807, 2.05) is 0 Å². The van der Waals surface area contributed by atoms with Gasteiger partial charge in [-0.2, -0.15) is 0 Å². The first-order valence-electron chi connectivity index (χ1n) is 7.06. The third kappa shape index (κ3) is 3.01. The number of likely N-dealkylation sites (N-methyl/N-ethyl adjacent to an activating group) is 1. The van der Waals surface area contributed by atoms with E-state index < -0.39 is 0 Å². The molecule has 0 radical (unpaired) electrons. The van der Waals surface area contributed by atoms with Crippen LogP contribution in [0.2, 0.25) is 0 Å². The van der Waals surface area contributed by atoms with Crippen LogP contribution < -0.4 is 0 Å². The van der Waals surface area contributed by atoms with Crippen LogP contribution in [-0.2, 0) is 4.79 Å². The molecule has 0 bridgehead atoms. The van der Waals surface area contributed by atoms with Gasteiger partial charge in [0.15, 0.2) is 0 Å². The molecule has 0 N–H and O–H groups in total. The van der Waals surface area contributed by atoms with Crippen LogP contribution in [0.15, 0.2) is 0 Å². The molecule has 0 spiro atoms. The number of carbonyl (C=O) groups is 1. The van der Waals surface area contributed by atoms with Crippen molar-refractivity contribution >= 4 is 5.91 Å². The van der Waals surface area contributed by atoms with Gasteiger partial charge >= 0.3 is 0 Å². The van der Waals surface area contributed by atoms with Crippen molar-refractivity contribution in [3.63, 3.8) is 0 Å². The van der Waals surface area contributed by atoms with E-state index in [-0.39, 0.29) is 0 Å². The van der Waals surface area contributed by atoms with E-state index in [1.165, 1.54) is 19.4 Å². The van der Waals surface area contributed by atoms with E-state index in [4.69, 9.17) is 0 Å². The molecule has 0 aromatic heterocycles. The van der Waals surface area contributed by atoms with Gasteiger partial charge in [0.25, 0.3) is 0 Å². The molecule has 0 aromatic rings. The third-order valence-corrected chi connectivity index (χ3v) is 4.32. The zero-order valence-electron chi connectivity index (χ0n) is 11.5. The molecule has 2 rings (SSSR count). The number of piperidine rings is 1. The molecule has 0 saturated carbocycles. The molecule has 2 saturated heterocycles. The molecule has 1 amide bonds. The fraction of sp³-hybridized carbons (Fsp3) is 0.929. The molecule has 0 aromatic carbocycles. The van der Waals surface area contributed by atoms with Crippen molar-refractivity contribution in [3.8, 4) is 0 Å². The van der Waals surface area contributed by atoms with Crippen LogP contribution in [0.1, 0.15) is 39.5 Å². The molecule has 2 unspecified atom stereocenters. The summed E-state index contributed by atoms with van der Waals surface area (Å²) < 4.78 is 0. The van der Waals surface area contributed by atoms with Crippen molar-refractivity contribution < 1.29 is 4.79 Å². The van der Waals surface area contributed by atoms with Gasteiger partial charge in [-0.15, -0.1) is 0 Å². The van der Waals surface area contributed by atoms with Crippen molar-refractivity contribution in [1.29, 1.82) is 0 Å². The fourth-order valence-corrected chi connectivity index (χ4v) is 3.16. The first-order valence-corrected chi connectivity index (χ1v) is 7.06. The molecule has 2 atom stereocenters. The topological polar surface area (TPSA) is 23.6 Å². The van der Waals surface area contributed by atoms with Crippen LogP contribution in [-0.4, -0.2) is 48.4 Å². The minimum Gasteiger partial charge on any atom is -0.338 e. The predicted octanol–water partition coefficient (Wildman–Crippen LogP) is 1.98. The first kappa shape index (κ1) is 12.9. The maximum atomic E-state index is 12.2. The highest BCUT2D eigenvalue weighted by Gasteiger charge is 2.39. The van der Waals surface area contributed by atoms with Crippen molar-refractivity contribution in [3.05, 3.63) is 0 Å². The number of nitrogens with zero attached hydrogens (tertiary/aromatic N) is 2. The molecular weight excluding hydrogens is 212 g/mol. The Balaban J connectivity index is 1.90. The Bertz CT molecular complexity index is 277. The molecule has 2 aliphatic rings. The SMILES string of the molecule is CC(C)CCC(=O)N1CCC2CCN(C)CC21. The lowest BCUT2D eigenvalue weighted by Gasteiger charge is -2.36. The Kier molecular flexibility index (Phi) is 4.08. The molecule has 0 aliphatic carbocycles. The highest BCUT2D eigenvalue weighted by molar-refractivity contribution is 5.77. The van der Waals surface area contributed by atoms with E-state index in [2.05, 4.69) is 30.7 Å². The van der Waals surface area contributed by atoms with E-state index in [9.17, 15) is 4.79 Å². The van der Waals surface area contributed by atoms with Gasteiger partial charge in [0.05, 0.1) is 0 Å². The first-order chi connectivity index (χ1) is 8.08. The number of hydrogen-bond acceptors (Lipinski definition) is 2. The number of hydrogen-bond donors (Lipinski definition) is 0. The average Bonchev–Trinajstić information content (AvgIpc) is 2.68. The lowest BCUT2D eigenvalue weighted by molar-refractivity contribution is -0.133. The monoisotopic (exact) mass is 238 g/mol. The second-order valence-electron chi connectivity index (χ2n) is 6.19. The van der Waals surface area contributed by atoms with Gasteiger partial charge in [0.2, 0.25) is 5.91 Å². The Morgan fingerprint density at radius 2 is 2.00 bits per heavy atom. The van der Waals surface area contributed by atoms with Crippen molar-refractivity contribution in [2.45, 2.75) is 45.6 Å². The van der Waals surface area contributed by atoms with Crippen LogP contribution in [0.25, 0.3) is 0 Å². The summed E-state index contributed by atoms with van der Waals surface area (Å²) in [5.74, 6) is 1.79. The molecular formula is C14H26N2O. The minimum atomic E-state index is 0.390. The van der Waals surface area contributed by atoms with Gasteiger partial charge in [-0.1, -0.05) is 13.8 Å². The molecule has 17 heavy (non-hydrogen) atoms. The van der Waals surface area contributed by atoms with Gasteiger partial charge in [0, 0.05) is 25.6 Å². The van der Waals surface area contributed by atoms with Crippen LogP contribution in [0.4, 0.5) is 0 Å². The minimum absolute atomic E-state index is 0.390. The number of likely N-dealkylation sites (tertiary alicyclic amines) is 2. The Morgan fingerprint density at radius 3 is 2.71 bits per heavy atom. The van der Waals surface area contributed by atoms with Crippen molar-refractivity contribution in [2.24, 2.45) is 11.8 Å². The molecule has 3 nitrogen and oxygen atoms in total. The second kappa shape index (κ2) is 5.38. The number of rotatable bonds is 3. The number of fused-ring (bicyclic) bond motifs is 1. The van der Waals surface area contributed by atoms with E-state index in [0.29, 0.717) is 17.9 Å². The third-order valence-electron chi connectivity index (χ3n) is 4.32. The number of carbonyl (C=O) groups excluding carboxylic acids is 1. The van der Waals surface area contributed by atoms with E-state index >= 15 is 0 Å². The van der Waals surface area contributed by atoms with Gasteiger partial charge in [-0.05, 0) is 44.7 Å². The summed E-state index contributed by atoms with van der Waals surface area (Å²) in [6.07, 6.45) is 4.27. The maximum Gasteiger partial charge on any atom is 0.222 e. The van der Waals surface area contributed by atoms with Gasteiger partial charge in [-0.25, -0.2) is 0 Å². The largest absolute Gasteiger partial charge is 0.338 e. The maximum absolute atomic E-state index is 12.2. The molecule has 3 heteroatoms. The summed E-state index contributed by atoms with van der Waals surface area (Å²) >= 11 is 0. The lowest BCUT2D eigenvalue weighted by atomic mass is 9.92. The van der Waals surface area contributed by atoms with Gasteiger partial charge in [0.1, 0.15) is 0 Å². The summed E-state index contributed by atoms with van der Waals surface area (Å²) in [6.45, 7) is 7.66. The van der Waals surface area contributed by atoms with E-state index in [1.54, 1.807) is 0 Å². The smallest absolute Gasteiger partial charge is 0.222 e. The van der Waals surface area contributed by atoms with Crippen molar-refractivity contribution in [1.82, 2.24) is 9.80 Å². The summed E-state index contributed by atoms with van der Waals surface area (Å²) in [4.78, 5) is 16.8. The molecule has 2 aliphatic heterocycles. The lowest BCUT2D eigenvalue weighted by Crippen LogP contribution is -2.48. The Morgan fingerprint density at radius 1 is 1.29 bits per heavy atom. The zero-order chi connectivity index (χ0) is 12.4. The van der Waals surface area contributed by atoms with Crippen LogP contribution >= 0.6 is 0 Å². The Hall–Kier alpha value is -0.570. The summed E-state index contributed by atoms with van der Waals surface area (Å²) in [7, 11) is 2.17. The fourth-order valence-electron chi connectivity index (χ4n) is 3.16. The molecule has 2 heterocycles. The zero-order valence-corrected chi connectivity index (χ0v) is 11.5. The van der Waals surface area contributed by atoms with Crippen LogP contribution in [0, 0.1) is 11.8 Å². The second-order valence-corrected chi connectivity index (χ2v) is 6.19.